The molecule has 0 spiro atoms. The van der Waals surface area contributed by atoms with E-state index in [1.165, 1.54) is 12.1 Å². The molecule has 0 saturated carbocycles. The first kappa shape index (κ1) is 12.7. The number of nitrogens with zero attached hydrogens (tertiary/aromatic N) is 1. The monoisotopic (exact) mass is 239 g/mol. The Bertz CT molecular complexity index is 425. The number of aliphatic hydroxyl groups excluding tert-OH is 1. The van der Waals surface area contributed by atoms with Crippen LogP contribution in [0.25, 0.3) is 0 Å². The van der Waals surface area contributed by atoms with Crippen LogP contribution in [0, 0.1) is 0 Å². The number of oxime groups is 1. The van der Waals surface area contributed by atoms with Gasteiger partial charge in [0.2, 0.25) is 0 Å². The van der Waals surface area contributed by atoms with Gasteiger partial charge in [0.1, 0.15) is 0 Å². The Morgan fingerprint density at radius 3 is 2.12 bits per heavy atom. The number of benzene rings is 1. The van der Waals surface area contributed by atoms with Gasteiger partial charge >= 0.3 is 11.9 Å². The highest BCUT2D eigenvalue weighted by atomic mass is 16.7. The van der Waals surface area contributed by atoms with E-state index in [-0.39, 0.29) is 0 Å². The van der Waals surface area contributed by atoms with Crippen LogP contribution in [0.15, 0.2) is 35.5 Å². The van der Waals surface area contributed by atoms with Crippen molar-refractivity contribution < 1.29 is 29.7 Å². The third-order valence-electron chi connectivity index (χ3n) is 1.73. The summed E-state index contributed by atoms with van der Waals surface area (Å²) in [6.07, 6.45) is -1.52. The van der Waals surface area contributed by atoms with Gasteiger partial charge in [-0.15, -0.1) is 0 Å². The first-order valence-corrected chi connectivity index (χ1v) is 4.45. The second-order valence-corrected chi connectivity index (χ2v) is 2.92. The third-order valence-corrected chi connectivity index (χ3v) is 1.73. The molecule has 0 aliphatic carbocycles. The molecule has 1 aromatic carbocycles. The summed E-state index contributed by atoms with van der Waals surface area (Å²) in [4.78, 5) is 25.2. The Hall–Kier alpha value is -2.41. The Morgan fingerprint density at radius 1 is 1.12 bits per heavy atom. The summed E-state index contributed by atoms with van der Waals surface area (Å²) in [6.45, 7) is 0. The minimum atomic E-state index is -1.75. The first-order valence-electron chi connectivity index (χ1n) is 4.45. The Kier molecular flexibility index (Phi) is 4.18. The number of carboxylic acids is 2. The highest BCUT2D eigenvalue weighted by Crippen LogP contribution is 2.13. The maximum absolute atomic E-state index is 10.4. The molecule has 7 heteroatoms. The highest BCUT2D eigenvalue weighted by Gasteiger charge is 2.20. The van der Waals surface area contributed by atoms with Crippen molar-refractivity contribution in [1.29, 1.82) is 0 Å². The largest absolute Gasteiger partial charge is 0.476 e. The van der Waals surface area contributed by atoms with Gasteiger partial charge in [0.15, 0.2) is 0 Å². The lowest BCUT2D eigenvalue weighted by molar-refractivity contribution is -0.136. The lowest BCUT2D eigenvalue weighted by atomic mass is 10.2. The molecular formula is C10H9NO6. The molecule has 7 nitrogen and oxygen atoms in total. The van der Waals surface area contributed by atoms with Gasteiger partial charge in [0.05, 0.1) is 0 Å². The number of hydrogen-bond donors (Lipinski definition) is 3. The molecule has 0 amide bonds. The summed E-state index contributed by atoms with van der Waals surface area (Å²) < 4.78 is 0. The number of rotatable bonds is 5. The van der Waals surface area contributed by atoms with Crippen molar-refractivity contribution in [3.05, 3.63) is 35.9 Å². The molecule has 0 fully saturated rings. The van der Waals surface area contributed by atoms with Gasteiger partial charge in [-0.25, -0.2) is 9.59 Å². The number of aliphatic hydroxyl groups is 1. The van der Waals surface area contributed by atoms with E-state index in [2.05, 4.69) is 9.99 Å². The molecule has 0 radical (unpaired) electrons. The van der Waals surface area contributed by atoms with Gasteiger partial charge in [-0.3, -0.25) is 0 Å². The fraction of sp³-hybridized carbons (Fsp3) is 0.100. The molecule has 17 heavy (non-hydrogen) atoms. The van der Waals surface area contributed by atoms with E-state index >= 15 is 0 Å². The molecule has 0 aromatic heterocycles. The van der Waals surface area contributed by atoms with Crippen LogP contribution in [0.3, 0.4) is 0 Å². The van der Waals surface area contributed by atoms with Gasteiger partial charge in [-0.2, -0.15) is 0 Å². The van der Waals surface area contributed by atoms with E-state index in [9.17, 15) is 14.7 Å². The minimum Gasteiger partial charge on any atom is -0.476 e. The van der Waals surface area contributed by atoms with Crippen molar-refractivity contribution >= 4 is 17.7 Å². The molecule has 1 rings (SSSR count). The van der Waals surface area contributed by atoms with E-state index < -0.39 is 23.9 Å². The Labute approximate surface area is 95.6 Å². The predicted octanol–water partition coefficient (Wildman–Crippen LogP) is 0.219. The van der Waals surface area contributed by atoms with E-state index in [0.29, 0.717) is 5.56 Å². The predicted molar refractivity (Wildman–Crippen MR) is 55.2 cm³/mol. The smallest absolute Gasteiger partial charge is 0.365 e. The molecule has 0 heterocycles. The second kappa shape index (κ2) is 5.61. The van der Waals surface area contributed by atoms with Gasteiger partial charge in [-0.1, -0.05) is 35.5 Å². The maximum Gasteiger partial charge on any atom is 0.365 e. The summed E-state index contributed by atoms with van der Waals surface area (Å²) in [5.74, 6) is -3.50. The van der Waals surface area contributed by atoms with Crippen molar-refractivity contribution in [2.75, 3.05) is 0 Å². The third kappa shape index (κ3) is 3.58. The molecule has 0 aliphatic heterocycles. The van der Waals surface area contributed by atoms with Crippen molar-refractivity contribution in [3.8, 4) is 0 Å². The van der Waals surface area contributed by atoms with Gasteiger partial charge in [-0.05, 0) is 0 Å². The minimum absolute atomic E-state index is 0.325. The molecule has 1 atom stereocenters. The fourth-order valence-electron chi connectivity index (χ4n) is 0.951. The van der Waals surface area contributed by atoms with Crippen molar-refractivity contribution in [2.45, 2.75) is 6.29 Å². The molecule has 0 saturated heterocycles. The molecule has 0 bridgehead atoms. The fourth-order valence-corrected chi connectivity index (χ4v) is 0.951. The van der Waals surface area contributed by atoms with Crippen LogP contribution in [-0.2, 0) is 14.4 Å². The molecule has 1 unspecified atom stereocenters. The summed E-state index contributed by atoms with van der Waals surface area (Å²) in [7, 11) is 0. The second-order valence-electron chi connectivity index (χ2n) is 2.92. The van der Waals surface area contributed by atoms with Gasteiger partial charge < -0.3 is 20.2 Å². The average molecular weight is 239 g/mol. The summed E-state index contributed by atoms with van der Waals surface area (Å²) in [5.41, 5.74) is -0.883. The molecule has 3 N–H and O–H groups in total. The van der Waals surface area contributed by atoms with E-state index in [1.54, 1.807) is 18.2 Å². The topological polar surface area (TPSA) is 116 Å². The molecule has 0 aliphatic rings. The number of hydrogen-bond acceptors (Lipinski definition) is 5. The van der Waals surface area contributed by atoms with Crippen LogP contribution in [-0.4, -0.2) is 33.0 Å². The molecule has 1 aromatic rings. The van der Waals surface area contributed by atoms with Crippen molar-refractivity contribution in [3.63, 3.8) is 0 Å². The Balaban J connectivity index is 2.75. The molecular weight excluding hydrogens is 230 g/mol. The van der Waals surface area contributed by atoms with Crippen LogP contribution in [0.2, 0.25) is 0 Å². The number of carbonyl (C=O) groups is 2. The summed E-state index contributed by atoms with van der Waals surface area (Å²) in [5, 5.41) is 29.2. The maximum atomic E-state index is 10.4. The van der Waals surface area contributed by atoms with Crippen LogP contribution >= 0.6 is 0 Å². The van der Waals surface area contributed by atoms with Gasteiger partial charge in [0.25, 0.3) is 12.0 Å². The van der Waals surface area contributed by atoms with Crippen molar-refractivity contribution in [2.24, 2.45) is 5.16 Å². The quantitative estimate of drug-likeness (QED) is 0.293. The van der Waals surface area contributed by atoms with Crippen LogP contribution in [0.4, 0.5) is 0 Å². The first-order chi connectivity index (χ1) is 8.02. The highest BCUT2D eigenvalue weighted by molar-refractivity contribution is 6.61. The standard InChI is InChI=1S/C10H9NO6/c12-8(13)7(9(14)15)11-17-10(16)6-4-2-1-3-5-6/h1-5,10,16H,(H,12,13)(H,14,15). The SMILES string of the molecule is O=C(O)C(=NOC(O)c1ccccc1)C(=O)O. The number of aliphatic carboxylic acids is 2. The number of carboxylic acid groups (broad SMARTS) is 2. The van der Waals surface area contributed by atoms with Crippen LogP contribution in [0.5, 0.6) is 0 Å². The van der Waals surface area contributed by atoms with Crippen LogP contribution < -0.4 is 0 Å². The van der Waals surface area contributed by atoms with E-state index in [1.807, 2.05) is 0 Å². The zero-order valence-corrected chi connectivity index (χ0v) is 8.48. The zero-order chi connectivity index (χ0) is 12.8. The average Bonchev–Trinajstić information content (AvgIpc) is 2.29. The summed E-state index contributed by atoms with van der Waals surface area (Å²) in [6, 6.07) is 7.99. The summed E-state index contributed by atoms with van der Waals surface area (Å²) >= 11 is 0. The zero-order valence-electron chi connectivity index (χ0n) is 8.48. The van der Waals surface area contributed by atoms with E-state index in [4.69, 9.17) is 10.2 Å². The lowest BCUT2D eigenvalue weighted by Crippen LogP contribution is -2.23. The molecule has 90 valence electrons. The van der Waals surface area contributed by atoms with E-state index in [0.717, 1.165) is 0 Å². The van der Waals surface area contributed by atoms with Crippen molar-refractivity contribution in [1.82, 2.24) is 0 Å². The van der Waals surface area contributed by atoms with Crippen LogP contribution in [0.1, 0.15) is 11.9 Å². The normalized spacial score (nSPS) is 11.4. The lowest BCUT2D eigenvalue weighted by Gasteiger charge is -2.08. The Morgan fingerprint density at radius 2 is 1.65 bits per heavy atom. The van der Waals surface area contributed by atoms with Gasteiger partial charge in [0, 0.05) is 5.56 Å².